The first-order valence-electron chi connectivity index (χ1n) is 7.92. The summed E-state index contributed by atoms with van der Waals surface area (Å²) >= 11 is 4.77. The molecular formula is C17H15BrN4O4S. The Balaban J connectivity index is 1.35. The van der Waals surface area contributed by atoms with Gasteiger partial charge in [0, 0.05) is 17.6 Å². The Morgan fingerprint density at radius 3 is 2.67 bits per heavy atom. The third-order valence-corrected chi connectivity index (χ3v) is 4.67. The molecule has 27 heavy (non-hydrogen) atoms. The van der Waals surface area contributed by atoms with Gasteiger partial charge in [0.05, 0.1) is 4.88 Å². The van der Waals surface area contributed by atoms with Gasteiger partial charge in [-0.2, -0.15) is 4.98 Å². The van der Waals surface area contributed by atoms with Gasteiger partial charge in [0.15, 0.2) is 6.61 Å². The number of hydrogen-bond acceptors (Lipinski definition) is 7. The van der Waals surface area contributed by atoms with Gasteiger partial charge in [-0.3, -0.25) is 9.59 Å². The van der Waals surface area contributed by atoms with E-state index in [1.165, 1.54) is 11.3 Å². The van der Waals surface area contributed by atoms with E-state index in [1.807, 2.05) is 29.6 Å². The third-order valence-electron chi connectivity index (χ3n) is 3.28. The van der Waals surface area contributed by atoms with Gasteiger partial charge in [-0.1, -0.05) is 27.2 Å². The minimum atomic E-state index is -0.495. The Morgan fingerprint density at radius 2 is 1.93 bits per heavy atom. The summed E-state index contributed by atoms with van der Waals surface area (Å²) in [6.45, 7) is 0.364. The van der Waals surface area contributed by atoms with Crippen LogP contribution >= 0.6 is 27.3 Å². The van der Waals surface area contributed by atoms with Crippen LogP contribution in [0.15, 0.2) is 50.8 Å². The van der Waals surface area contributed by atoms with E-state index in [0.29, 0.717) is 11.6 Å². The maximum Gasteiger partial charge on any atom is 0.316 e. The lowest BCUT2D eigenvalue weighted by Gasteiger charge is -2.07. The van der Waals surface area contributed by atoms with Crippen molar-refractivity contribution in [1.82, 2.24) is 20.8 Å². The van der Waals surface area contributed by atoms with Crippen molar-refractivity contribution in [2.75, 3.05) is 19.7 Å². The number of thiophene rings is 1. The third kappa shape index (κ3) is 5.63. The van der Waals surface area contributed by atoms with Crippen molar-refractivity contribution in [3.05, 3.63) is 52.1 Å². The molecular weight excluding hydrogens is 436 g/mol. The first-order valence-corrected chi connectivity index (χ1v) is 9.60. The molecule has 3 aromatic rings. The molecule has 0 unspecified atom stereocenters. The lowest BCUT2D eigenvalue weighted by molar-refractivity contribution is -0.123. The van der Waals surface area contributed by atoms with Crippen molar-refractivity contribution in [3.63, 3.8) is 0 Å². The largest absolute Gasteiger partial charge is 0.484 e. The van der Waals surface area contributed by atoms with E-state index >= 15 is 0 Å². The zero-order valence-corrected chi connectivity index (χ0v) is 16.4. The zero-order chi connectivity index (χ0) is 19.1. The van der Waals surface area contributed by atoms with Crippen LogP contribution in [0, 0.1) is 0 Å². The number of nitrogens with one attached hydrogen (secondary N) is 2. The fraction of sp³-hybridized carbons (Fsp3) is 0.176. The number of nitrogens with zero attached hydrogens (tertiary/aromatic N) is 2. The molecule has 1 aromatic carbocycles. The molecule has 8 nitrogen and oxygen atoms in total. The molecule has 0 saturated heterocycles. The van der Waals surface area contributed by atoms with E-state index in [2.05, 4.69) is 36.7 Å². The minimum absolute atomic E-state index is 0.108. The van der Waals surface area contributed by atoms with E-state index in [4.69, 9.17) is 9.26 Å². The van der Waals surface area contributed by atoms with Crippen LogP contribution in [0.25, 0.3) is 10.7 Å². The summed E-state index contributed by atoms with van der Waals surface area (Å²) < 4.78 is 11.2. The molecule has 3 rings (SSSR count). The average Bonchev–Trinajstić information content (AvgIpc) is 3.36. The molecule has 140 valence electrons. The minimum Gasteiger partial charge on any atom is -0.484 e. The Kier molecular flexibility index (Phi) is 6.55. The quantitative estimate of drug-likeness (QED) is 0.510. The molecule has 2 amide bonds. The number of carbonyl (C=O) groups is 2. The molecule has 0 bridgehead atoms. The molecule has 2 N–H and O–H groups in total. The Morgan fingerprint density at radius 1 is 1.15 bits per heavy atom. The van der Waals surface area contributed by atoms with Crippen molar-refractivity contribution in [1.29, 1.82) is 0 Å². The molecule has 0 atom stereocenters. The van der Waals surface area contributed by atoms with Crippen molar-refractivity contribution in [2.24, 2.45) is 0 Å². The van der Waals surface area contributed by atoms with E-state index in [0.717, 1.165) is 9.35 Å². The SMILES string of the molecule is O=C(COc1ccc(Br)cc1)NCCNC(=O)c1nc(-c2cccs2)no1. The van der Waals surface area contributed by atoms with Gasteiger partial charge in [0.2, 0.25) is 5.82 Å². The van der Waals surface area contributed by atoms with Gasteiger partial charge in [-0.15, -0.1) is 11.3 Å². The second-order valence-corrected chi connectivity index (χ2v) is 7.11. The van der Waals surface area contributed by atoms with Crippen molar-refractivity contribution < 1.29 is 18.8 Å². The second-order valence-electron chi connectivity index (χ2n) is 5.25. The maximum absolute atomic E-state index is 12.0. The monoisotopic (exact) mass is 450 g/mol. The first kappa shape index (κ1) is 19.1. The summed E-state index contributed by atoms with van der Waals surface area (Å²) in [4.78, 5) is 28.6. The van der Waals surface area contributed by atoms with Gasteiger partial charge in [0.25, 0.3) is 5.91 Å². The van der Waals surface area contributed by atoms with Gasteiger partial charge >= 0.3 is 11.8 Å². The molecule has 0 aliphatic rings. The summed E-state index contributed by atoms with van der Waals surface area (Å²) in [6.07, 6.45) is 0. The standard InChI is InChI=1S/C17H15BrN4O4S/c18-11-3-5-12(6-4-11)25-10-14(23)19-7-8-20-16(24)17-21-15(22-26-17)13-2-1-9-27-13/h1-6,9H,7-8,10H2,(H,19,23)(H,20,24). The predicted octanol–water partition coefficient (Wildman–Crippen LogP) is 2.49. The number of benzene rings is 1. The highest BCUT2D eigenvalue weighted by molar-refractivity contribution is 9.10. The number of hydrogen-bond donors (Lipinski definition) is 2. The Labute approximate surface area is 167 Å². The average molecular weight is 451 g/mol. The Hall–Kier alpha value is -2.72. The molecule has 0 aliphatic carbocycles. The molecule has 0 aliphatic heterocycles. The summed E-state index contributed by atoms with van der Waals surface area (Å²) in [6, 6.07) is 10.9. The number of halogens is 1. The predicted molar refractivity (Wildman–Crippen MR) is 103 cm³/mol. The van der Waals surface area contributed by atoms with E-state index in [-0.39, 0.29) is 31.5 Å². The van der Waals surface area contributed by atoms with Crippen LogP contribution in [0.5, 0.6) is 5.75 Å². The highest BCUT2D eigenvalue weighted by atomic mass is 79.9. The molecule has 10 heteroatoms. The van der Waals surface area contributed by atoms with Crippen molar-refractivity contribution in [3.8, 4) is 16.5 Å². The highest BCUT2D eigenvalue weighted by Crippen LogP contribution is 2.21. The molecule has 0 spiro atoms. The summed E-state index contributed by atoms with van der Waals surface area (Å²) in [5, 5.41) is 10.9. The zero-order valence-electron chi connectivity index (χ0n) is 14.0. The van der Waals surface area contributed by atoms with E-state index in [1.54, 1.807) is 12.1 Å². The smallest absolute Gasteiger partial charge is 0.316 e. The number of amides is 2. The van der Waals surface area contributed by atoms with Crippen LogP contribution in [0.3, 0.4) is 0 Å². The second kappa shape index (κ2) is 9.28. The highest BCUT2D eigenvalue weighted by Gasteiger charge is 2.16. The summed E-state index contributed by atoms with van der Waals surface area (Å²) in [5.41, 5.74) is 0. The molecule has 0 fully saturated rings. The normalized spacial score (nSPS) is 10.4. The maximum atomic E-state index is 12.0. The van der Waals surface area contributed by atoms with Crippen LogP contribution < -0.4 is 15.4 Å². The number of aromatic nitrogens is 2. The van der Waals surface area contributed by atoms with Crippen molar-refractivity contribution in [2.45, 2.75) is 0 Å². The molecule has 0 radical (unpaired) electrons. The number of carbonyl (C=O) groups excluding carboxylic acids is 2. The lowest BCUT2D eigenvalue weighted by Crippen LogP contribution is -2.36. The van der Waals surface area contributed by atoms with Gasteiger partial charge in [-0.05, 0) is 35.7 Å². The van der Waals surface area contributed by atoms with E-state index in [9.17, 15) is 9.59 Å². The van der Waals surface area contributed by atoms with Crippen LogP contribution in [-0.4, -0.2) is 41.7 Å². The Bertz CT molecular complexity index is 896. The first-order chi connectivity index (χ1) is 13.1. The van der Waals surface area contributed by atoms with Gasteiger partial charge in [0.1, 0.15) is 5.75 Å². The van der Waals surface area contributed by atoms with Crippen molar-refractivity contribution >= 4 is 39.1 Å². The van der Waals surface area contributed by atoms with Crippen LogP contribution in [0.4, 0.5) is 0 Å². The van der Waals surface area contributed by atoms with Crippen LogP contribution in [0.2, 0.25) is 0 Å². The fourth-order valence-electron chi connectivity index (χ4n) is 2.01. The molecule has 2 heterocycles. The number of rotatable bonds is 8. The van der Waals surface area contributed by atoms with Gasteiger partial charge in [-0.25, -0.2) is 0 Å². The lowest BCUT2D eigenvalue weighted by atomic mass is 10.3. The van der Waals surface area contributed by atoms with Gasteiger partial charge < -0.3 is 19.9 Å². The summed E-state index contributed by atoms with van der Waals surface area (Å²) in [5.74, 6) is 0.0621. The fourth-order valence-corrected chi connectivity index (χ4v) is 2.92. The number of ether oxygens (including phenoxy) is 1. The molecule has 0 saturated carbocycles. The van der Waals surface area contributed by atoms with Crippen LogP contribution in [-0.2, 0) is 4.79 Å². The topological polar surface area (TPSA) is 106 Å². The van der Waals surface area contributed by atoms with E-state index < -0.39 is 5.91 Å². The van der Waals surface area contributed by atoms with Crippen LogP contribution in [0.1, 0.15) is 10.7 Å². The molecule has 2 aromatic heterocycles. The summed E-state index contributed by atoms with van der Waals surface area (Å²) in [7, 11) is 0.